The number of hydrogen-bond acceptors (Lipinski definition) is 3. The Hall–Kier alpha value is -3.15. The Morgan fingerprint density at radius 2 is 1.36 bits per heavy atom. The van der Waals surface area contributed by atoms with E-state index in [1.165, 1.54) is 0 Å². The van der Waals surface area contributed by atoms with Crippen LogP contribution in [0.3, 0.4) is 0 Å². The summed E-state index contributed by atoms with van der Waals surface area (Å²) in [5.41, 5.74) is 2.14. The van der Waals surface area contributed by atoms with Crippen LogP contribution in [0.1, 0.15) is 40.1 Å². The summed E-state index contributed by atoms with van der Waals surface area (Å²) in [6, 6.07) is 15.4. The maximum absolute atomic E-state index is 12.5. The Balaban J connectivity index is 1.82. The number of carbonyl (C=O) groups excluding carboxylic acids is 3. The third-order valence-electron chi connectivity index (χ3n) is 4.30. The van der Waals surface area contributed by atoms with E-state index in [0.717, 1.165) is 5.56 Å². The van der Waals surface area contributed by atoms with Gasteiger partial charge in [-0.1, -0.05) is 49.7 Å². The summed E-state index contributed by atoms with van der Waals surface area (Å²) < 4.78 is 0. The molecule has 3 amide bonds. The van der Waals surface area contributed by atoms with Crippen LogP contribution in [-0.2, 0) is 4.79 Å². The third kappa shape index (κ3) is 6.23. The Morgan fingerprint density at radius 3 is 1.96 bits per heavy atom. The van der Waals surface area contributed by atoms with Gasteiger partial charge in [-0.2, -0.15) is 0 Å². The van der Waals surface area contributed by atoms with Gasteiger partial charge in [0.2, 0.25) is 5.91 Å². The molecule has 28 heavy (non-hydrogen) atoms. The second-order valence-electron chi connectivity index (χ2n) is 6.97. The highest BCUT2D eigenvalue weighted by molar-refractivity contribution is 5.97. The molecule has 2 aromatic rings. The van der Waals surface area contributed by atoms with Crippen LogP contribution in [0.4, 0.5) is 0 Å². The maximum Gasteiger partial charge on any atom is 0.251 e. The van der Waals surface area contributed by atoms with Gasteiger partial charge in [0.1, 0.15) is 6.04 Å². The van der Waals surface area contributed by atoms with Crippen molar-refractivity contribution in [3.63, 3.8) is 0 Å². The first kappa shape index (κ1) is 21.2. The molecule has 1 atom stereocenters. The van der Waals surface area contributed by atoms with Crippen LogP contribution in [0.5, 0.6) is 0 Å². The number of aryl methyl sites for hydroxylation is 1. The van der Waals surface area contributed by atoms with Gasteiger partial charge in [0.05, 0.1) is 0 Å². The lowest BCUT2D eigenvalue weighted by Gasteiger charge is -2.22. The summed E-state index contributed by atoms with van der Waals surface area (Å²) in [4.78, 5) is 36.9. The van der Waals surface area contributed by atoms with Crippen molar-refractivity contribution in [2.24, 2.45) is 5.92 Å². The summed E-state index contributed by atoms with van der Waals surface area (Å²) in [6.07, 6.45) is 0. The molecule has 6 nitrogen and oxygen atoms in total. The Labute approximate surface area is 165 Å². The predicted molar refractivity (Wildman–Crippen MR) is 109 cm³/mol. The van der Waals surface area contributed by atoms with E-state index in [9.17, 15) is 14.4 Å². The number of nitrogens with one attached hydrogen (secondary N) is 3. The molecule has 1 unspecified atom stereocenters. The predicted octanol–water partition coefficient (Wildman–Crippen LogP) is 2.30. The highest BCUT2D eigenvalue weighted by atomic mass is 16.2. The molecule has 0 saturated heterocycles. The second kappa shape index (κ2) is 10.3. The van der Waals surface area contributed by atoms with Crippen molar-refractivity contribution in [3.05, 3.63) is 71.3 Å². The molecular formula is C22H27N3O3. The maximum atomic E-state index is 12.5. The van der Waals surface area contributed by atoms with E-state index >= 15 is 0 Å². The zero-order valence-electron chi connectivity index (χ0n) is 16.5. The normalized spacial score (nSPS) is 11.6. The molecule has 148 valence electrons. The van der Waals surface area contributed by atoms with Gasteiger partial charge in [-0.3, -0.25) is 14.4 Å². The number of amides is 3. The number of benzene rings is 2. The van der Waals surface area contributed by atoms with Gasteiger partial charge in [0.25, 0.3) is 11.8 Å². The molecular weight excluding hydrogens is 354 g/mol. The molecule has 0 bridgehead atoms. The zero-order chi connectivity index (χ0) is 20.5. The van der Waals surface area contributed by atoms with Crippen LogP contribution in [0, 0.1) is 12.8 Å². The summed E-state index contributed by atoms with van der Waals surface area (Å²) >= 11 is 0. The first-order valence-corrected chi connectivity index (χ1v) is 9.37. The quantitative estimate of drug-likeness (QED) is 0.613. The van der Waals surface area contributed by atoms with Crippen LogP contribution in [-0.4, -0.2) is 36.9 Å². The van der Waals surface area contributed by atoms with Crippen LogP contribution < -0.4 is 16.0 Å². The summed E-state index contributed by atoms with van der Waals surface area (Å²) in [5.74, 6) is -0.827. The van der Waals surface area contributed by atoms with Crippen molar-refractivity contribution in [3.8, 4) is 0 Å². The smallest absolute Gasteiger partial charge is 0.251 e. The SMILES string of the molecule is Cc1ccc(C(=O)NC(C(=O)NCCNC(=O)c2ccccc2)C(C)C)cc1. The molecule has 0 aliphatic rings. The van der Waals surface area contributed by atoms with Gasteiger partial charge >= 0.3 is 0 Å². The minimum Gasteiger partial charge on any atom is -0.353 e. The second-order valence-corrected chi connectivity index (χ2v) is 6.97. The molecule has 0 saturated carbocycles. The van der Waals surface area contributed by atoms with Gasteiger partial charge in [0, 0.05) is 24.2 Å². The fourth-order valence-corrected chi connectivity index (χ4v) is 2.63. The summed E-state index contributed by atoms with van der Waals surface area (Å²) in [7, 11) is 0. The lowest BCUT2D eigenvalue weighted by atomic mass is 10.0. The average Bonchev–Trinajstić information content (AvgIpc) is 2.69. The molecule has 2 aromatic carbocycles. The Morgan fingerprint density at radius 1 is 0.786 bits per heavy atom. The fourth-order valence-electron chi connectivity index (χ4n) is 2.63. The lowest BCUT2D eigenvalue weighted by molar-refractivity contribution is -0.123. The summed E-state index contributed by atoms with van der Waals surface area (Å²) in [6.45, 7) is 6.27. The van der Waals surface area contributed by atoms with Crippen molar-refractivity contribution in [2.45, 2.75) is 26.8 Å². The van der Waals surface area contributed by atoms with Gasteiger partial charge < -0.3 is 16.0 Å². The Bertz CT molecular complexity index is 802. The Kier molecular flexibility index (Phi) is 7.75. The standard InChI is InChI=1S/C22H27N3O3/c1-15(2)19(25-21(27)18-11-9-16(3)10-12-18)22(28)24-14-13-23-20(26)17-7-5-4-6-8-17/h4-12,15,19H,13-14H2,1-3H3,(H,23,26)(H,24,28)(H,25,27). The molecule has 0 aliphatic heterocycles. The lowest BCUT2D eigenvalue weighted by Crippen LogP contribution is -2.50. The molecule has 6 heteroatoms. The van der Waals surface area contributed by atoms with E-state index in [0.29, 0.717) is 17.7 Å². The van der Waals surface area contributed by atoms with Crippen molar-refractivity contribution < 1.29 is 14.4 Å². The van der Waals surface area contributed by atoms with Crippen molar-refractivity contribution >= 4 is 17.7 Å². The van der Waals surface area contributed by atoms with Gasteiger partial charge in [-0.25, -0.2) is 0 Å². The van der Waals surface area contributed by atoms with Crippen LogP contribution >= 0.6 is 0 Å². The molecule has 0 aromatic heterocycles. The monoisotopic (exact) mass is 381 g/mol. The third-order valence-corrected chi connectivity index (χ3v) is 4.30. The topological polar surface area (TPSA) is 87.3 Å². The molecule has 0 aliphatic carbocycles. The number of hydrogen-bond donors (Lipinski definition) is 3. The molecule has 3 N–H and O–H groups in total. The molecule has 0 heterocycles. The fraction of sp³-hybridized carbons (Fsp3) is 0.318. The van der Waals surface area contributed by atoms with E-state index in [-0.39, 0.29) is 30.2 Å². The van der Waals surface area contributed by atoms with Crippen LogP contribution in [0.15, 0.2) is 54.6 Å². The van der Waals surface area contributed by atoms with Crippen molar-refractivity contribution in [1.29, 1.82) is 0 Å². The van der Waals surface area contributed by atoms with Crippen LogP contribution in [0.25, 0.3) is 0 Å². The minimum absolute atomic E-state index is 0.0756. The van der Waals surface area contributed by atoms with Crippen LogP contribution in [0.2, 0.25) is 0 Å². The largest absolute Gasteiger partial charge is 0.353 e. The average molecular weight is 381 g/mol. The van der Waals surface area contributed by atoms with Gasteiger partial charge in [-0.05, 0) is 37.1 Å². The van der Waals surface area contributed by atoms with E-state index in [2.05, 4.69) is 16.0 Å². The van der Waals surface area contributed by atoms with Crippen molar-refractivity contribution in [2.75, 3.05) is 13.1 Å². The van der Waals surface area contributed by atoms with E-state index in [1.54, 1.807) is 36.4 Å². The van der Waals surface area contributed by atoms with E-state index in [1.807, 2.05) is 39.0 Å². The number of rotatable bonds is 8. The van der Waals surface area contributed by atoms with E-state index in [4.69, 9.17) is 0 Å². The highest BCUT2D eigenvalue weighted by Gasteiger charge is 2.24. The molecule has 2 rings (SSSR count). The molecule has 0 radical (unpaired) electrons. The van der Waals surface area contributed by atoms with Crippen molar-refractivity contribution in [1.82, 2.24) is 16.0 Å². The van der Waals surface area contributed by atoms with E-state index < -0.39 is 6.04 Å². The molecule has 0 fully saturated rings. The highest BCUT2D eigenvalue weighted by Crippen LogP contribution is 2.07. The van der Waals surface area contributed by atoms with Gasteiger partial charge in [-0.15, -0.1) is 0 Å². The molecule has 0 spiro atoms. The summed E-state index contributed by atoms with van der Waals surface area (Å²) in [5, 5.41) is 8.31. The number of carbonyl (C=O) groups is 3. The zero-order valence-corrected chi connectivity index (χ0v) is 16.5. The first-order chi connectivity index (χ1) is 13.4. The first-order valence-electron chi connectivity index (χ1n) is 9.37. The van der Waals surface area contributed by atoms with Gasteiger partial charge in [0.15, 0.2) is 0 Å². The minimum atomic E-state index is -0.654.